The Balaban J connectivity index is 1.14. The molecule has 1 aliphatic heterocycles. The standard InChI is InChI=1S/C29H32N8O2S/c1-2-25(38)19-7-10-35(11-8-19)24-14-31-21(13-23(24)36-15-22(32-17-36)18-3-4-18)28(39)33-26-16-40-29(34-26)27-30-9-12-37(27)20-5-6-20/h9,12-20H,2-8,10-11H2,1H3,(H,33,39). The summed E-state index contributed by atoms with van der Waals surface area (Å²) in [7, 11) is 0. The van der Waals surface area contributed by atoms with E-state index < -0.39 is 0 Å². The van der Waals surface area contributed by atoms with Gasteiger partial charge in [0.05, 0.1) is 29.6 Å². The van der Waals surface area contributed by atoms with Crippen molar-refractivity contribution in [3.05, 3.63) is 53.9 Å². The molecule has 1 N–H and O–H groups in total. The van der Waals surface area contributed by atoms with Crippen LogP contribution in [0.25, 0.3) is 16.5 Å². The first-order valence-corrected chi connectivity index (χ1v) is 15.1. The highest BCUT2D eigenvalue weighted by atomic mass is 32.1. The second-order valence-electron chi connectivity index (χ2n) is 11.0. The Morgan fingerprint density at radius 2 is 1.88 bits per heavy atom. The van der Waals surface area contributed by atoms with Gasteiger partial charge in [-0.25, -0.2) is 19.9 Å². The summed E-state index contributed by atoms with van der Waals surface area (Å²) >= 11 is 1.47. The first-order valence-electron chi connectivity index (χ1n) is 14.2. The van der Waals surface area contributed by atoms with Crippen molar-refractivity contribution in [2.24, 2.45) is 5.92 Å². The molecule has 0 atom stereocenters. The minimum atomic E-state index is -0.315. The molecule has 1 amide bonds. The summed E-state index contributed by atoms with van der Waals surface area (Å²) in [6.07, 6.45) is 16.4. The van der Waals surface area contributed by atoms with E-state index in [1.807, 2.05) is 35.5 Å². The third-order valence-electron chi connectivity index (χ3n) is 8.16. The molecule has 5 heterocycles. The number of piperidine rings is 1. The molecule has 40 heavy (non-hydrogen) atoms. The van der Waals surface area contributed by atoms with Crippen LogP contribution in [-0.4, -0.2) is 53.9 Å². The molecule has 1 saturated heterocycles. The third-order valence-corrected chi connectivity index (χ3v) is 8.99. The van der Waals surface area contributed by atoms with Crippen LogP contribution in [0.4, 0.5) is 11.5 Å². The minimum absolute atomic E-state index is 0.128. The van der Waals surface area contributed by atoms with Gasteiger partial charge in [0.25, 0.3) is 5.91 Å². The Morgan fingerprint density at radius 3 is 2.62 bits per heavy atom. The van der Waals surface area contributed by atoms with Crippen molar-refractivity contribution in [1.29, 1.82) is 0 Å². The van der Waals surface area contributed by atoms with E-state index in [0.29, 0.717) is 35.7 Å². The second-order valence-corrected chi connectivity index (χ2v) is 11.9. The van der Waals surface area contributed by atoms with Crippen molar-refractivity contribution in [2.75, 3.05) is 23.3 Å². The number of aromatic nitrogens is 6. The zero-order valence-corrected chi connectivity index (χ0v) is 23.3. The average Bonchev–Trinajstić information content (AvgIpc) is 3.86. The number of rotatable bonds is 9. The summed E-state index contributed by atoms with van der Waals surface area (Å²) in [4.78, 5) is 46.2. The van der Waals surface area contributed by atoms with Gasteiger partial charge in [-0.1, -0.05) is 6.92 Å². The Bertz CT molecular complexity index is 1560. The van der Waals surface area contributed by atoms with Crippen molar-refractivity contribution < 1.29 is 9.59 Å². The van der Waals surface area contributed by atoms with E-state index in [1.165, 1.54) is 24.2 Å². The van der Waals surface area contributed by atoms with Gasteiger partial charge in [0.2, 0.25) is 0 Å². The number of pyridine rings is 1. The van der Waals surface area contributed by atoms with Crippen LogP contribution in [0.2, 0.25) is 0 Å². The molecule has 0 bridgehead atoms. The molecule has 0 unspecified atom stereocenters. The SMILES string of the molecule is CCC(=O)C1CCN(c2cnc(C(=O)Nc3csc(-c4nccn4C4CC4)n3)cc2-n2cnc(C3CC3)c2)CC1. The molecular weight excluding hydrogens is 524 g/mol. The van der Waals surface area contributed by atoms with Crippen LogP contribution in [0.3, 0.4) is 0 Å². The Morgan fingerprint density at radius 1 is 1.05 bits per heavy atom. The number of hydrogen-bond acceptors (Lipinski definition) is 8. The number of carbonyl (C=O) groups excluding carboxylic acids is 2. The van der Waals surface area contributed by atoms with Crippen molar-refractivity contribution in [2.45, 2.75) is 63.8 Å². The Hall–Kier alpha value is -3.86. The quantitative estimate of drug-likeness (QED) is 0.300. The molecule has 0 spiro atoms. The lowest BCUT2D eigenvalue weighted by Crippen LogP contribution is -2.37. The van der Waals surface area contributed by atoms with Gasteiger partial charge < -0.3 is 19.4 Å². The van der Waals surface area contributed by atoms with Crippen LogP contribution in [0.15, 0.2) is 42.6 Å². The molecule has 7 rings (SSSR count). The van der Waals surface area contributed by atoms with Crippen LogP contribution >= 0.6 is 11.3 Å². The lowest BCUT2D eigenvalue weighted by atomic mass is 9.91. The number of amides is 1. The average molecular weight is 557 g/mol. The third kappa shape index (κ3) is 4.94. The summed E-state index contributed by atoms with van der Waals surface area (Å²) in [5.74, 6) is 2.01. The molecule has 4 aromatic rings. The van der Waals surface area contributed by atoms with Gasteiger partial charge in [0.15, 0.2) is 10.8 Å². The zero-order valence-electron chi connectivity index (χ0n) is 22.5. The lowest BCUT2D eigenvalue weighted by Gasteiger charge is -2.34. The van der Waals surface area contributed by atoms with Crippen molar-refractivity contribution in [3.8, 4) is 16.5 Å². The molecule has 2 aliphatic carbocycles. The van der Waals surface area contributed by atoms with Crippen molar-refractivity contribution in [1.82, 2.24) is 29.1 Å². The highest BCUT2D eigenvalue weighted by Gasteiger charge is 2.29. The molecule has 2 saturated carbocycles. The molecular formula is C29H32N8O2S. The van der Waals surface area contributed by atoms with E-state index in [0.717, 1.165) is 66.7 Å². The van der Waals surface area contributed by atoms with Crippen LogP contribution in [0.1, 0.15) is 80.0 Å². The van der Waals surface area contributed by atoms with E-state index in [4.69, 9.17) is 0 Å². The maximum absolute atomic E-state index is 13.3. The van der Waals surface area contributed by atoms with Gasteiger partial charge in [-0.15, -0.1) is 11.3 Å². The fourth-order valence-electron chi connectivity index (χ4n) is 5.54. The number of carbonyl (C=O) groups is 2. The number of thiazole rings is 1. The molecule has 4 aromatic heterocycles. The van der Waals surface area contributed by atoms with Crippen LogP contribution < -0.4 is 10.2 Å². The largest absolute Gasteiger partial charge is 0.369 e. The van der Waals surface area contributed by atoms with E-state index in [-0.39, 0.29) is 11.8 Å². The summed E-state index contributed by atoms with van der Waals surface area (Å²) in [6, 6.07) is 2.33. The number of ketones is 1. The topological polar surface area (TPSA) is 111 Å². The first kappa shape index (κ1) is 25.1. The smallest absolute Gasteiger partial charge is 0.275 e. The van der Waals surface area contributed by atoms with E-state index in [1.54, 1.807) is 12.4 Å². The van der Waals surface area contributed by atoms with Crippen molar-refractivity contribution >= 4 is 34.5 Å². The first-order chi connectivity index (χ1) is 19.6. The lowest BCUT2D eigenvalue weighted by molar-refractivity contribution is -0.123. The number of imidazole rings is 2. The molecule has 10 nitrogen and oxygen atoms in total. The van der Waals surface area contributed by atoms with Crippen LogP contribution in [0, 0.1) is 5.92 Å². The molecule has 3 fully saturated rings. The van der Waals surface area contributed by atoms with Crippen molar-refractivity contribution in [3.63, 3.8) is 0 Å². The fraction of sp³-hybridized carbons (Fsp3) is 0.448. The predicted octanol–water partition coefficient (Wildman–Crippen LogP) is 5.25. The van der Waals surface area contributed by atoms with Gasteiger partial charge in [-0.3, -0.25) is 9.59 Å². The maximum Gasteiger partial charge on any atom is 0.275 e. The van der Waals surface area contributed by atoms with Gasteiger partial charge >= 0.3 is 0 Å². The molecule has 0 radical (unpaired) electrons. The summed E-state index contributed by atoms with van der Waals surface area (Å²) in [6.45, 7) is 3.49. The maximum atomic E-state index is 13.3. The minimum Gasteiger partial charge on any atom is -0.369 e. The Labute approximate surface area is 236 Å². The molecule has 0 aromatic carbocycles. The number of anilines is 2. The van der Waals surface area contributed by atoms with E-state index in [9.17, 15) is 9.59 Å². The van der Waals surface area contributed by atoms with Crippen LogP contribution in [0.5, 0.6) is 0 Å². The van der Waals surface area contributed by atoms with Gasteiger partial charge in [-0.05, 0) is 44.6 Å². The summed E-state index contributed by atoms with van der Waals surface area (Å²) in [5, 5.41) is 5.55. The number of nitrogens with zero attached hydrogens (tertiary/aromatic N) is 7. The highest BCUT2D eigenvalue weighted by molar-refractivity contribution is 7.13. The molecule has 11 heteroatoms. The molecule has 3 aliphatic rings. The highest BCUT2D eigenvalue weighted by Crippen LogP contribution is 2.40. The monoisotopic (exact) mass is 556 g/mol. The Kier molecular flexibility index (Phi) is 6.45. The van der Waals surface area contributed by atoms with Gasteiger partial charge in [-0.2, -0.15) is 0 Å². The number of hydrogen-bond donors (Lipinski definition) is 1. The zero-order chi connectivity index (χ0) is 27.2. The normalized spacial score (nSPS) is 17.8. The fourth-order valence-corrected chi connectivity index (χ4v) is 6.29. The van der Waals surface area contributed by atoms with Crippen LogP contribution in [-0.2, 0) is 4.79 Å². The van der Waals surface area contributed by atoms with E-state index in [2.05, 4.69) is 40.9 Å². The number of nitrogens with one attached hydrogen (secondary N) is 1. The molecule has 206 valence electrons. The van der Waals surface area contributed by atoms with E-state index >= 15 is 0 Å². The van der Waals surface area contributed by atoms with Gasteiger partial charge in [0.1, 0.15) is 17.3 Å². The summed E-state index contributed by atoms with van der Waals surface area (Å²) < 4.78 is 4.17. The summed E-state index contributed by atoms with van der Waals surface area (Å²) in [5.41, 5.74) is 3.21. The number of Topliss-reactive ketones (excluding diaryl/α,β-unsaturated/α-hetero) is 1. The predicted molar refractivity (Wildman–Crippen MR) is 153 cm³/mol. The van der Waals surface area contributed by atoms with Gasteiger partial charge in [0, 0.05) is 61.4 Å². The second kappa shape index (κ2) is 10.3.